The lowest BCUT2D eigenvalue weighted by molar-refractivity contribution is 0.404. The monoisotopic (exact) mass is 344 g/mol. The SMILES string of the molecule is COc1ccc2c(CN(C)C)cn(S(=O)(=O)c3ccccc3)c2c1. The number of nitrogens with zero attached hydrogens (tertiary/aromatic N) is 2. The van der Waals surface area contributed by atoms with Crippen molar-refractivity contribution in [1.82, 2.24) is 8.87 Å². The van der Waals surface area contributed by atoms with Crippen LogP contribution in [0, 0.1) is 0 Å². The highest BCUT2D eigenvalue weighted by atomic mass is 32.2. The van der Waals surface area contributed by atoms with E-state index in [1.807, 2.05) is 31.1 Å². The number of rotatable bonds is 5. The van der Waals surface area contributed by atoms with Crippen LogP contribution in [0.2, 0.25) is 0 Å². The summed E-state index contributed by atoms with van der Waals surface area (Å²) >= 11 is 0. The lowest BCUT2D eigenvalue weighted by Gasteiger charge is -2.08. The smallest absolute Gasteiger partial charge is 0.268 e. The minimum Gasteiger partial charge on any atom is -0.497 e. The molecule has 0 unspecified atom stereocenters. The van der Waals surface area contributed by atoms with Gasteiger partial charge in [0.05, 0.1) is 17.5 Å². The van der Waals surface area contributed by atoms with Gasteiger partial charge in [-0.2, -0.15) is 0 Å². The highest BCUT2D eigenvalue weighted by molar-refractivity contribution is 7.90. The van der Waals surface area contributed by atoms with Crippen LogP contribution in [-0.2, 0) is 16.6 Å². The number of fused-ring (bicyclic) bond motifs is 1. The Bertz CT molecular complexity index is 961. The molecule has 126 valence electrons. The largest absolute Gasteiger partial charge is 0.497 e. The van der Waals surface area contributed by atoms with Gasteiger partial charge < -0.3 is 9.64 Å². The van der Waals surface area contributed by atoms with Gasteiger partial charge >= 0.3 is 0 Å². The van der Waals surface area contributed by atoms with Crippen LogP contribution in [0.3, 0.4) is 0 Å². The summed E-state index contributed by atoms with van der Waals surface area (Å²) in [5.41, 5.74) is 1.58. The van der Waals surface area contributed by atoms with E-state index in [0.29, 0.717) is 17.8 Å². The van der Waals surface area contributed by atoms with Crippen LogP contribution in [-0.4, -0.2) is 38.5 Å². The number of hydrogen-bond donors (Lipinski definition) is 0. The third-order valence-electron chi connectivity index (χ3n) is 3.85. The zero-order chi connectivity index (χ0) is 17.3. The van der Waals surface area contributed by atoms with Gasteiger partial charge in [-0.25, -0.2) is 12.4 Å². The van der Waals surface area contributed by atoms with Crippen LogP contribution in [0.4, 0.5) is 0 Å². The van der Waals surface area contributed by atoms with Crippen LogP contribution in [0.1, 0.15) is 5.56 Å². The summed E-state index contributed by atoms with van der Waals surface area (Å²) in [4.78, 5) is 2.28. The molecule has 0 amide bonds. The van der Waals surface area contributed by atoms with E-state index < -0.39 is 10.0 Å². The minimum atomic E-state index is -3.66. The second-order valence-electron chi connectivity index (χ2n) is 5.89. The average Bonchev–Trinajstić information content (AvgIpc) is 2.93. The molecule has 2 aromatic carbocycles. The number of methoxy groups -OCH3 is 1. The molecule has 1 aromatic heterocycles. The van der Waals surface area contributed by atoms with Crippen molar-refractivity contribution in [3.8, 4) is 5.75 Å². The summed E-state index contributed by atoms with van der Waals surface area (Å²) in [7, 11) is 1.82. The van der Waals surface area contributed by atoms with E-state index in [4.69, 9.17) is 4.74 Å². The maximum Gasteiger partial charge on any atom is 0.268 e. The first-order chi connectivity index (χ1) is 11.4. The van der Waals surface area contributed by atoms with Crippen molar-refractivity contribution in [3.63, 3.8) is 0 Å². The van der Waals surface area contributed by atoms with Gasteiger partial charge in [-0.05, 0) is 43.9 Å². The Morgan fingerprint density at radius 3 is 2.42 bits per heavy atom. The first-order valence-corrected chi connectivity index (χ1v) is 9.01. The predicted molar refractivity (Wildman–Crippen MR) is 94.9 cm³/mol. The van der Waals surface area contributed by atoms with E-state index in [1.165, 1.54) is 3.97 Å². The fourth-order valence-electron chi connectivity index (χ4n) is 2.74. The second kappa shape index (κ2) is 6.30. The van der Waals surface area contributed by atoms with Crippen LogP contribution < -0.4 is 4.74 Å². The lowest BCUT2D eigenvalue weighted by Crippen LogP contribution is -2.12. The molecule has 0 spiro atoms. The van der Waals surface area contributed by atoms with Crippen molar-refractivity contribution in [2.24, 2.45) is 0 Å². The predicted octanol–water partition coefficient (Wildman–Crippen LogP) is 2.95. The van der Waals surface area contributed by atoms with E-state index in [1.54, 1.807) is 49.7 Å². The summed E-state index contributed by atoms with van der Waals surface area (Å²) in [6, 6.07) is 14.0. The highest BCUT2D eigenvalue weighted by Crippen LogP contribution is 2.29. The standard InChI is InChI=1S/C18H20N2O3S/c1-19(2)12-14-13-20(18-11-15(23-3)9-10-17(14)18)24(21,22)16-7-5-4-6-8-16/h4-11,13H,12H2,1-3H3. The Labute approximate surface area is 142 Å². The van der Waals surface area contributed by atoms with Gasteiger partial charge in [-0.1, -0.05) is 18.2 Å². The molecule has 0 aliphatic rings. The maximum absolute atomic E-state index is 13.1. The van der Waals surface area contributed by atoms with Gasteiger partial charge in [0.25, 0.3) is 10.0 Å². The van der Waals surface area contributed by atoms with E-state index in [2.05, 4.69) is 0 Å². The van der Waals surface area contributed by atoms with Crippen LogP contribution in [0.25, 0.3) is 10.9 Å². The van der Waals surface area contributed by atoms with E-state index in [-0.39, 0.29) is 4.90 Å². The molecule has 3 aromatic rings. The Balaban J connectivity index is 2.27. The number of benzene rings is 2. The molecule has 0 aliphatic carbocycles. The highest BCUT2D eigenvalue weighted by Gasteiger charge is 2.21. The van der Waals surface area contributed by atoms with Crippen molar-refractivity contribution >= 4 is 20.9 Å². The average molecular weight is 344 g/mol. The second-order valence-corrected chi connectivity index (χ2v) is 7.70. The molecule has 24 heavy (non-hydrogen) atoms. The van der Waals surface area contributed by atoms with Crippen molar-refractivity contribution in [1.29, 1.82) is 0 Å². The molecule has 0 saturated heterocycles. The molecular weight excluding hydrogens is 324 g/mol. The first kappa shape index (κ1) is 16.5. The Hall–Kier alpha value is -2.31. The summed E-state index contributed by atoms with van der Waals surface area (Å²) in [6.45, 7) is 0.653. The summed E-state index contributed by atoms with van der Waals surface area (Å²) in [5, 5.41) is 0.906. The molecule has 5 nitrogen and oxygen atoms in total. The van der Waals surface area contributed by atoms with Crippen molar-refractivity contribution < 1.29 is 13.2 Å². The number of aromatic nitrogens is 1. The summed E-state index contributed by atoms with van der Waals surface area (Å²) < 4.78 is 32.7. The van der Waals surface area contributed by atoms with Gasteiger partial charge in [-0.15, -0.1) is 0 Å². The van der Waals surface area contributed by atoms with Crippen LogP contribution in [0.5, 0.6) is 5.75 Å². The third kappa shape index (κ3) is 2.90. The molecule has 6 heteroatoms. The minimum absolute atomic E-state index is 0.265. The van der Waals surface area contributed by atoms with Crippen LogP contribution in [0.15, 0.2) is 59.6 Å². The fraction of sp³-hybridized carbons (Fsp3) is 0.222. The zero-order valence-corrected chi connectivity index (χ0v) is 14.7. The molecule has 0 aliphatic heterocycles. The van der Waals surface area contributed by atoms with Gasteiger partial charge in [-0.3, -0.25) is 0 Å². The molecule has 0 saturated carbocycles. The van der Waals surface area contributed by atoms with Crippen LogP contribution >= 0.6 is 0 Å². The Kier molecular flexibility index (Phi) is 4.34. The molecule has 3 rings (SSSR count). The van der Waals surface area contributed by atoms with Crippen molar-refractivity contribution in [3.05, 3.63) is 60.3 Å². The summed E-state index contributed by atoms with van der Waals surface area (Å²) in [5.74, 6) is 0.626. The lowest BCUT2D eigenvalue weighted by atomic mass is 10.1. The van der Waals surface area contributed by atoms with Gasteiger partial charge in [0.1, 0.15) is 5.75 Å². The molecule has 0 atom stereocenters. The van der Waals surface area contributed by atoms with E-state index in [0.717, 1.165) is 10.9 Å². The third-order valence-corrected chi connectivity index (χ3v) is 5.54. The molecule has 0 bridgehead atoms. The quantitative estimate of drug-likeness (QED) is 0.714. The number of ether oxygens (including phenoxy) is 1. The van der Waals surface area contributed by atoms with E-state index in [9.17, 15) is 8.42 Å². The van der Waals surface area contributed by atoms with Crippen molar-refractivity contribution in [2.45, 2.75) is 11.4 Å². The Morgan fingerprint density at radius 1 is 1.08 bits per heavy atom. The first-order valence-electron chi connectivity index (χ1n) is 7.57. The van der Waals surface area contributed by atoms with E-state index >= 15 is 0 Å². The normalized spacial score (nSPS) is 12.0. The topological polar surface area (TPSA) is 51.5 Å². The molecular formula is C18H20N2O3S. The summed E-state index contributed by atoms with van der Waals surface area (Å²) in [6.07, 6.45) is 1.70. The maximum atomic E-state index is 13.1. The fourth-order valence-corrected chi connectivity index (χ4v) is 4.15. The van der Waals surface area contributed by atoms with Gasteiger partial charge in [0.2, 0.25) is 0 Å². The molecule has 1 heterocycles. The zero-order valence-electron chi connectivity index (χ0n) is 13.9. The molecule has 0 radical (unpaired) electrons. The number of hydrogen-bond acceptors (Lipinski definition) is 4. The molecule has 0 fully saturated rings. The van der Waals surface area contributed by atoms with Gasteiger partial charge in [0, 0.05) is 24.2 Å². The van der Waals surface area contributed by atoms with Gasteiger partial charge in [0.15, 0.2) is 0 Å². The van der Waals surface area contributed by atoms with Crippen molar-refractivity contribution in [2.75, 3.05) is 21.2 Å². The molecule has 0 N–H and O–H groups in total. The Morgan fingerprint density at radius 2 is 1.79 bits per heavy atom.